The number of nitrogens with one attached hydrogen (secondary N) is 1. The van der Waals surface area contributed by atoms with E-state index >= 15 is 0 Å². The Morgan fingerprint density at radius 1 is 1.10 bits per heavy atom. The lowest BCUT2D eigenvalue weighted by Crippen LogP contribution is -2.33. The highest BCUT2D eigenvalue weighted by molar-refractivity contribution is 7.89. The maximum absolute atomic E-state index is 12.9. The number of hydrogen-bond donors (Lipinski definition) is 1. The largest absolute Gasteiger partial charge is 0.496 e. The summed E-state index contributed by atoms with van der Waals surface area (Å²) in [6, 6.07) is 15.2. The molecule has 0 aliphatic carbocycles. The second-order valence-electron chi connectivity index (χ2n) is 8.08. The molecule has 2 aromatic rings. The quantitative estimate of drug-likeness (QED) is 0.608. The summed E-state index contributed by atoms with van der Waals surface area (Å²) in [5.74, 6) is 0.556. The summed E-state index contributed by atoms with van der Waals surface area (Å²) in [6.45, 7) is 3.13. The van der Waals surface area contributed by atoms with E-state index in [0.717, 1.165) is 31.2 Å². The summed E-state index contributed by atoms with van der Waals surface area (Å²) in [4.78, 5) is 12.7. The molecule has 1 aliphatic heterocycles. The van der Waals surface area contributed by atoms with Gasteiger partial charge >= 0.3 is 0 Å². The van der Waals surface area contributed by atoms with Crippen molar-refractivity contribution in [3.63, 3.8) is 0 Å². The molecule has 3 rings (SSSR count). The highest BCUT2D eigenvalue weighted by Gasteiger charge is 2.27. The molecule has 2 aromatic carbocycles. The van der Waals surface area contributed by atoms with Crippen molar-refractivity contribution < 1.29 is 17.9 Å². The first-order valence-electron chi connectivity index (χ1n) is 10.9. The van der Waals surface area contributed by atoms with Gasteiger partial charge in [0.1, 0.15) is 5.75 Å². The number of sulfonamides is 1. The van der Waals surface area contributed by atoms with Gasteiger partial charge in [0.2, 0.25) is 15.9 Å². The Balaban J connectivity index is 1.57. The first-order valence-corrected chi connectivity index (χ1v) is 12.3. The van der Waals surface area contributed by atoms with Gasteiger partial charge in [-0.1, -0.05) is 30.3 Å². The van der Waals surface area contributed by atoms with Crippen molar-refractivity contribution >= 4 is 15.9 Å². The lowest BCUT2D eigenvalue weighted by atomic mass is 10.1. The van der Waals surface area contributed by atoms with Gasteiger partial charge in [-0.25, -0.2) is 8.42 Å². The van der Waals surface area contributed by atoms with Crippen LogP contribution >= 0.6 is 0 Å². The summed E-state index contributed by atoms with van der Waals surface area (Å²) < 4.78 is 32.7. The van der Waals surface area contributed by atoms with E-state index in [1.165, 1.54) is 9.87 Å². The maximum atomic E-state index is 12.9. The predicted octanol–water partition coefficient (Wildman–Crippen LogP) is 3.55. The summed E-state index contributed by atoms with van der Waals surface area (Å²) in [5.41, 5.74) is 1.99. The number of carbonyl (C=O) groups excluding carboxylic acids is 1. The number of amides is 1. The molecule has 168 valence electrons. The minimum atomic E-state index is -3.50. The Morgan fingerprint density at radius 2 is 1.81 bits per heavy atom. The number of carbonyl (C=O) groups is 1. The zero-order chi connectivity index (χ0) is 22.3. The number of ether oxygens (including phenoxy) is 1. The molecule has 31 heavy (non-hydrogen) atoms. The average molecular weight is 445 g/mol. The molecule has 1 fully saturated rings. The molecule has 1 N–H and O–H groups in total. The third-order valence-corrected chi connectivity index (χ3v) is 7.59. The highest BCUT2D eigenvalue weighted by atomic mass is 32.2. The lowest BCUT2D eigenvalue weighted by Gasteiger charge is -2.17. The maximum Gasteiger partial charge on any atom is 0.243 e. The van der Waals surface area contributed by atoms with Gasteiger partial charge in [-0.05, 0) is 68.4 Å². The molecule has 0 unspecified atom stereocenters. The fourth-order valence-corrected chi connectivity index (χ4v) is 5.45. The molecule has 1 saturated heterocycles. The van der Waals surface area contributed by atoms with E-state index < -0.39 is 10.0 Å². The molecular formula is C24H32N2O4S. The van der Waals surface area contributed by atoms with Gasteiger partial charge in [0.25, 0.3) is 0 Å². The van der Waals surface area contributed by atoms with Crippen LogP contribution in [-0.2, 0) is 27.7 Å². The van der Waals surface area contributed by atoms with Gasteiger partial charge in [-0.15, -0.1) is 0 Å². The number of aryl methyl sites for hydroxylation is 2. The van der Waals surface area contributed by atoms with E-state index in [4.69, 9.17) is 4.74 Å². The molecule has 1 amide bonds. The van der Waals surface area contributed by atoms with Gasteiger partial charge in [-0.2, -0.15) is 4.31 Å². The van der Waals surface area contributed by atoms with Gasteiger partial charge in [-0.3, -0.25) is 4.79 Å². The molecule has 0 spiro atoms. The van der Waals surface area contributed by atoms with Crippen LogP contribution in [0.15, 0.2) is 53.4 Å². The summed E-state index contributed by atoms with van der Waals surface area (Å²) in [6.07, 6.45) is 4.26. The van der Waals surface area contributed by atoms with E-state index in [1.54, 1.807) is 25.3 Å². The van der Waals surface area contributed by atoms with E-state index in [9.17, 15) is 13.2 Å². The smallest absolute Gasteiger partial charge is 0.243 e. The van der Waals surface area contributed by atoms with E-state index in [2.05, 4.69) is 17.4 Å². The van der Waals surface area contributed by atoms with Gasteiger partial charge in [0.15, 0.2) is 0 Å². The Kier molecular flexibility index (Phi) is 8.09. The fraction of sp³-hybridized carbons (Fsp3) is 0.458. The molecular weight excluding hydrogens is 412 g/mol. The highest BCUT2D eigenvalue weighted by Crippen LogP contribution is 2.27. The van der Waals surface area contributed by atoms with Crippen molar-refractivity contribution in [2.45, 2.75) is 56.4 Å². The van der Waals surface area contributed by atoms with E-state index in [-0.39, 0.29) is 23.3 Å². The number of benzene rings is 2. The third-order valence-electron chi connectivity index (χ3n) is 5.69. The first kappa shape index (κ1) is 23.3. The van der Waals surface area contributed by atoms with Crippen molar-refractivity contribution in [3.8, 4) is 5.75 Å². The third kappa shape index (κ3) is 6.31. The average Bonchev–Trinajstić information content (AvgIpc) is 3.33. The SMILES string of the molecule is COc1ccc(S(=O)(=O)N2CCCC2)cc1CCC(=O)N[C@H](C)CCc1ccccc1. The van der Waals surface area contributed by atoms with Gasteiger partial charge in [0, 0.05) is 25.6 Å². The second kappa shape index (κ2) is 10.8. The standard InChI is InChI=1S/C24H32N2O4S/c1-19(10-11-20-8-4-3-5-9-20)25-24(27)15-12-21-18-22(13-14-23(21)30-2)31(28,29)26-16-6-7-17-26/h3-5,8-9,13-14,18-19H,6-7,10-12,15-17H2,1-2H3,(H,25,27)/t19-/m1/s1. The molecule has 1 aliphatic rings. The number of nitrogens with zero attached hydrogens (tertiary/aromatic N) is 1. The van der Waals surface area contributed by atoms with Gasteiger partial charge < -0.3 is 10.1 Å². The second-order valence-corrected chi connectivity index (χ2v) is 10.0. The Hall–Kier alpha value is -2.38. The molecule has 0 saturated carbocycles. The molecule has 0 radical (unpaired) electrons. The van der Waals surface area contributed by atoms with Crippen LogP contribution in [0.2, 0.25) is 0 Å². The van der Waals surface area contributed by atoms with Crippen molar-refractivity contribution in [3.05, 3.63) is 59.7 Å². The van der Waals surface area contributed by atoms with Crippen LogP contribution in [0.1, 0.15) is 43.7 Å². The lowest BCUT2D eigenvalue weighted by molar-refractivity contribution is -0.121. The summed E-state index contributed by atoms with van der Waals surface area (Å²) in [7, 11) is -1.95. The van der Waals surface area contributed by atoms with Crippen LogP contribution in [0, 0.1) is 0 Å². The topological polar surface area (TPSA) is 75.7 Å². The number of methoxy groups -OCH3 is 1. The Labute approximate surface area is 185 Å². The molecule has 1 atom stereocenters. The minimum Gasteiger partial charge on any atom is -0.496 e. The zero-order valence-corrected chi connectivity index (χ0v) is 19.2. The minimum absolute atomic E-state index is 0.0459. The van der Waals surface area contributed by atoms with Crippen LogP contribution in [-0.4, -0.2) is 44.9 Å². The summed E-state index contributed by atoms with van der Waals surface area (Å²) >= 11 is 0. The van der Waals surface area contributed by atoms with Crippen molar-refractivity contribution in [1.82, 2.24) is 9.62 Å². The van der Waals surface area contributed by atoms with Crippen LogP contribution in [0.5, 0.6) is 5.75 Å². The Morgan fingerprint density at radius 3 is 2.48 bits per heavy atom. The predicted molar refractivity (Wildman–Crippen MR) is 122 cm³/mol. The molecule has 7 heteroatoms. The van der Waals surface area contributed by atoms with E-state index in [1.807, 2.05) is 25.1 Å². The van der Waals surface area contributed by atoms with Crippen LogP contribution in [0.4, 0.5) is 0 Å². The van der Waals surface area contributed by atoms with Gasteiger partial charge in [0.05, 0.1) is 12.0 Å². The van der Waals surface area contributed by atoms with Crippen molar-refractivity contribution in [2.24, 2.45) is 0 Å². The zero-order valence-electron chi connectivity index (χ0n) is 18.3. The summed E-state index contributed by atoms with van der Waals surface area (Å²) in [5, 5.41) is 3.04. The first-order chi connectivity index (χ1) is 14.9. The fourth-order valence-electron chi connectivity index (χ4n) is 3.88. The molecule has 6 nitrogen and oxygen atoms in total. The number of rotatable bonds is 10. The van der Waals surface area contributed by atoms with E-state index in [0.29, 0.717) is 25.3 Å². The van der Waals surface area contributed by atoms with Crippen molar-refractivity contribution in [1.29, 1.82) is 0 Å². The number of hydrogen-bond acceptors (Lipinski definition) is 4. The normalized spacial score (nSPS) is 15.5. The van der Waals surface area contributed by atoms with Crippen LogP contribution in [0.3, 0.4) is 0 Å². The molecule has 1 heterocycles. The van der Waals surface area contributed by atoms with Crippen molar-refractivity contribution in [2.75, 3.05) is 20.2 Å². The molecule has 0 aromatic heterocycles. The van der Waals surface area contributed by atoms with Crippen LogP contribution in [0.25, 0.3) is 0 Å². The van der Waals surface area contributed by atoms with Crippen LogP contribution < -0.4 is 10.1 Å². The molecule has 0 bridgehead atoms. The monoisotopic (exact) mass is 444 g/mol. The Bertz CT molecular complexity index is 970.